The van der Waals surface area contributed by atoms with Crippen LogP contribution in [0.4, 0.5) is 11.4 Å². The number of ether oxygens (including phenoxy) is 1. The number of amides is 1. The van der Waals surface area contributed by atoms with Crippen LogP contribution in [0.5, 0.6) is 0 Å². The smallest absolute Gasteiger partial charge is 0.303 e. The van der Waals surface area contributed by atoms with E-state index in [9.17, 15) is 9.59 Å². The standard InChI is InChI=1S/C21H26N2O4/c1-23(21(26)17-10-5-6-11-18(17)22)19-12-7-4-9-16(19)15-27-14-8-2-3-13-20(24)25/h4-7,9-12H,2-3,8,13-15,22H2,1H3,(H,24,25). The summed E-state index contributed by atoms with van der Waals surface area (Å²) in [4.78, 5) is 24.8. The lowest BCUT2D eigenvalue weighted by atomic mass is 10.1. The van der Waals surface area contributed by atoms with E-state index < -0.39 is 5.97 Å². The number of rotatable bonds is 10. The number of carboxylic acids is 1. The van der Waals surface area contributed by atoms with Crippen molar-refractivity contribution < 1.29 is 19.4 Å². The Hall–Kier alpha value is -2.86. The van der Waals surface area contributed by atoms with Crippen molar-refractivity contribution in [3.05, 3.63) is 59.7 Å². The fourth-order valence-corrected chi connectivity index (χ4v) is 2.78. The van der Waals surface area contributed by atoms with E-state index in [1.54, 1.807) is 36.2 Å². The number of para-hydroxylation sites is 2. The molecule has 0 bridgehead atoms. The third-order valence-electron chi connectivity index (χ3n) is 4.29. The van der Waals surface area contributed by atoms with Crippen molar-refractivity contribution >= 4 is 23.3 Å². The molecule has 2 aromatic carbocycles. The maximum Gasteiger partial charge on any atom is 0.303 e. The molecular weight excluding hydrogens is 344 g/mol. The van der Waals surface area contributed by atoms with E-state index in [4.69, 9.17) is 15.6 Å². The van der Waals surface area contributed by atoms with Gasteiger partial charge in [0.1, 0.15) is 0 Å². The Labute approximate surface area is 159 Å². The van der Waals surface area contributed by atoms with E-state index in [0.717, 1.165) is 24.1 Å². The molecule has 2 rings (SSSR count). The number of hydrogen-bond donors (Lipinski definition) is 2. The Morgan fingerprint density at radius 3 is 2.48 bits per heavy atom. The SMILES string of the molecule is CN(C(=O)c1ccccc1N)c1ccccc1COCCCCCC(=O)O. The van der Waals surface area contributed by atoms with Gasteiger partial charge in [0.15, 0.2) is 0 Å². The lowest BCUT2D eigenvalue weighted by molar-refractivity contribution is -0.137. The quantitative estimate of drug-likeness (QED) is 0.491. The van der Waals surface area contributed by atoms with E-state index >= 15 is 0 Å². The average Bonchev–Trinajstić information content (AvgIpc) is 2.66. The molecule has 1 amide bonds. The summed E-state index contributed by atoms with van der Waals surface area (Å²) < 4.78 is 5.72. The lowest BCUT2D eigenvalue weighted by Gasteiger charge is -2.21. The summed E-state index contributed by atoms with van der Waals surface area (Å²) >= 11 is 0. The molecule has 0 heterocycles. The molecule has 0 fully saturated rings. The second-order valence-corrected chi connectivity index (χ2v) is 6.34. The molecule has 0 aliphatic carbocycles. The highest BCUT2D eigenvalue weighted by Crippen LogP contribution is 2.23. The molecular formula is C21H26N2O4. The van der Waals surface area contributed by atoms with Crippen LogP contribution in [-0.2, 0) is 16.1 Å². The second-order valence-electron chi connectivity index (χ2n) is 6.34. The monoisotopic (exact) mass is 370 g/mol. The van der Waals surface area contributed by atoms with Gasteiger partial charge in [0.25, 0.3) is 5.91 Å². The highest BCUT2D eigenvalue weighted by molar-refractivity contribution is 6.09. The zero-order chi connectivity index (χ0) is 19.6. The van der Waals surface area contributed by atoms with Gasteiger partial charge in [0.05, 0.1) is 12.2 Å². The van der Waals surface area contributed by atoms with Gasteiger partial charge in [0.2, 0.25) is 0 Å². The minimum absolute atomic E-state index is 0.172. The number of carbonyl (C=O) groups excluding carboxylic acids is 1. The van der Waals surface area contributed by atoms with Crippen LogP contribution in [0, 0.1) is 0 Å². The molecule has 27 heavy (non-hydrogen) atoms. The van der Waals surface area contributed by atoms with Gasteiger partial charge in [0, 0.05) is 37.0 Å². The molecule has 144 valence electrons. The van der Waals surface area contributed by atoms with Crippen LogP contribution in [0.1, 0.15) is 41.6 Å². The lowest BCUT2D eigenvalue weighted by Crippen LogP contribution is -2.28. The van der Waals surface area contributed by atoms with Crippen molar-refractivity contribution in [2.45, 2.75) is 32.3 Å². The van der Waals surface area contributed by atoms with Crippen LogP contribution in [0.2, 0.25) is 0 Å². The molecule has 0 atom stereocenters. The summed E-state index contributed by atoms with van der Waals surface area (Å²) in [6.45, 7) is 0.939. The first kappa shape index (κ1) is 20.5. The maximum absolute atomic E-state index is 12.8. The molecule has 0 aliphatic heterocycles. The Balaban J connectivity index is 1.94. The van der Waals surface area contributed by atoms with Crippen LogP contribution in [0.15, 0.2) is 48.5 Å². The van der Waals surface area contributed by atoms with Crippen LogP contribution in [0.3, 0.4) is 0 Å². The number of nitrogens with two attached hydrogens (primary N) is 1. The molecule has 0 aromatic heterocycles. The van der Waals surface area contributed by atoms with Gasteiger partial charge in [-0.05, 0) is 31.0 Å². The van der Waals surface area contributed by atoms with Gasteiger partial charge in [-0.15, -0.1) is 0 Å². The first-order chi connectivity index (χ1) is 13.0. The minimum atomic E-state index is -0.767. The second kappa shape index (κ2) is 10.3. The third kappa shape index (κ3) is 6.11. The molecule has 6 nitrogen and oxygen atoms in total. The van der Waals surface area contributed by atoms with Crippen LogP contribution >= 0.6 is 0 Å². The Bertz CT molecular complexity index is 776. The van der Waals surface area contributed by atoms with E-state index in [1.807, 2.05) is 24.3 Å². The van der Waals surface area contributed by atoms with Crippen LogP contribution < -0.4 is 10.6 Å². The predicted octanol–water partition coefficient (Wildman–Crippen LogP) is 3.71. The van der Waals surface area contributed by atoms with E-state index in [0.29, 0.717) is 30.9 Å². The molecule has 6 heteroatoms. The van der Waals surface area contributed by atoms with Gasteiger partial charge in [-0.25, -0.2) is 0 Å². The number of nitrogens with zero attached hydrogens (tertiary/aromatic N) is 1. The first-order valence-electron chi connectivity index (χ1n) is 9.00. The Morgan fingerprint density at radius 1 is 1.04 bits per heavy atom. The van der Waals surface area contributed by atoms with Gasteiger partial charge >= 0.3 is 5.97 Å². The van der Waals surface area contributed by atoms with E-state index in [2.05, 4.69) is 0 Å². The Morgan fingerprint density at radius 2 is 1.74 bits per heavy atom. The summed E-state index contributed by atoms with van der Waals surface area (Å²) in [6, 6.07) is 14.6. The highest BCUT2D eigenvalue weighted by Gasteiger charge is 2.18. The largest absolute Gasteiger partial charge is 0.481 e. The molecule has 3 N–H and O–H groups in total. The molecule has 0 saturated carbocycles. The van der Waals surface area contributed by atoms with E-state index in [-0.39, 0.29) is 12.3 Å². The van der Waals surface area contributed by atoms with E-state index in [1.165, 1.54) is 0 Å². The van der Waals surface area contributed by atoms with Crippen LogP contribution in [0.25, 0.3) is 0 Å². The first-order valence-corrected chi connectivity index (χ1v) is 9.00. The van der Waals surface area contributed by atoms with Crippen LogP contribution in [-0.4, -0.2) is 30.6 Å². The molecule has 0 spiro atoms. The number of carboxylic acid groups (broad SMARTS) is 1. The third-order valence-corrected chi connectivity index (χ3v) is 4.29. The molecule has 0 aliphatic rings. The van der Waals surface area contributed by atoms with Gasteiger partial charge in [-0.3, -0.25) is 9.59 Å². The average molecular weight is 370 g/mol. The zero-order valence-corrected chi connectivity index (χ0v) is 15.6. The normalized spacial score (nSPS) is 10.6. The molecule has 0 unspecified atom stereocenters. The number of benzene rings is 2. The predicted molar refractivity (Wildman–Crippen MR) is 106 cm³/mol. The highest BCUT2D eigenvalue weighted by atomic mass is 16.5. The maximum atomic E-state index is 12.8. The number of unbranched alkanes of at least 4 members (excludes halogenated alkanes) is 2. The minimum Gasteiger partial charge on any atom is -0.481 e. The van der Waals surface area contributed by atoms with Gasteiger partial charge < -0.3 is 20.5 Å². The molecule has 0 saturated heterocycles. The number of nitrogen functional groups attached to an aromatic ring is 1. The molecule has 0 radical (unpaired) electrons. The number of hydrogen-bond acceptors (Lipinski definition) is 4. The van der Waals surface area contributed by atoms with Gasteiger partial charge in [-0.2, -0.15) is 0 Å². The molecule has 2 aromatic rings. The number of anilines is 2. The summed E-state index contributed by atoms with van der Waals surface area (Å²) in [5.74, 6) is -0.939. The fraction of sp³-hybridized carbons (Fsp3) is 0.333. The fourth-order valence-electron chi connectivity index (χ4n) is 2.78. The number of carbonyl (C=O) groups is 2. The van der Waals surface area contributed by atoms with Gasteiger partial charge in [-0.1, -0.05) is 36.8 Å². The van der Waals surface area contributed by atoms with Crippen molar-refractivity contribution in [3.63, 3.8) is 0 Å². The topological polar surface area (TPSA) is 92.9 Å². The number of aliphatic carboxylic acids is 1. The zero-order valence-electron chi connectivity index (χ0n) is 15.6. The summed E-state index contributed by atoms with van der Waals surface area (Å²) in [6.07, 6.45) is 2.48. The van der Waals surface area contributed by atoms with Crippen molar-refractivity contribution in [2.75, 3.05) is 24.3 Å². The van der Waals surface area contributed by atoms with Crippen molar-refractivity contribution in [1.82, 2.24) is 0 Å². The summed E-state index contributed by atoms with van der Waals surface area (Å²) in [5, 5.41) is 8.62. The summed E-state index contributed by atoms with van der Waals surface area (Å²) in [7, 11) is 1.72. The van der Waals surface area contributed by atoms with Crippen molar-refractivity contribution in [2.24, 2.45) is 0 Å². The van der Waals surface area contributed by atoms with Crippen molar-refractivity contribution in [1.29, 1.82) is 0 Å². The summed E-state index contributed by atoms with van der Waals surface area (Å²) in [5.41, 5.74) is 8.52. The van der Waals surface area contributed by atoms with Crippen molar-refractivity contribution in [3.8, 4) is 0 Å². The Kier molecular flexibility index (Phi) is 7.82.